The van der Waals surface area contributed by atoms with Crippen LogP contribution < -0.4 is 10.1 Å². The van der Waals surface area contributed by atoms with Crippen LogP contribution in [0.3, 0.4) is 0 Å². The van der Waals surface area contributed by atoms with Gasteiger partial charge >= 0.3 is 5.97 Å². The minimum atomic E-state index is -1.06. The lowest BCUT2D eigenvalue weighted by atomic mass is 9.33. The number of fused-ring (bicyclic) bond motifs is 7. The van der Waals surface area contributed by atoms with Crippen LogP contribution >= 0.6 is 0 Å². The van der Waals surface area contributed by atoms with Gasteiger partial charge in [0, 0.05) is 34.0 Å². The Balaban J connectivity index is 1.00. The molecule has 0 aliphatic heterocycles. The molecule has 1 unspecified atom stereocenters. The van der Waals surface area contributed by atoms with Gasteiger partial charge in [-0.05, 0) is 197 Å². The molecule has 1 aromatic heterocycles. The van der Waals surface area contributed by atoms with E-state index < -0.39 is 27.8 Å². The smallest absolute Gasteiger partial charge is 0.313 e. The molecular formula is C52H75N3O5S. The fraction of sp³-hybridized carbons (Fsp3) is 0.750. The van der Waals surface area contributed by atoms with Crippen molar-refractivity contribution in [2.24, 2.45) is 56.7 Å². The molecule has 334 valence electrons. The van der Waals surface area contributed by atoms with Crippen LogP contribution in [-0.2, 0) is 15.6 Å². The van der Waals surface area contributed by atoms with Crippen LogP contribution in [0.4, 0.5) is 0 Å². The van der Waals surface area contributed by atoms with E-state index in [1.54, 1.807) is 18.3 Å². The summed E-state index contributed by atoms with van der Waals surface area (Å²) in [6.07, 6.45) is 24.7. The number of allylic oxidation sites excluding steroid dienone is 5. The zero-order chi connectivity index (χ0) is 43.8. The number of carbonyl (C=O) groups is 1. The van der Waals surface area contributed by atoms with Gasteiger partial charge in [0.25, 0.3) is 0 Å². The molecule has 8 nitrogen and oxygen atoms in total. The Kier molecular flexibility index (Phi) is 11.8. The second-order valence-corrected chi connectivity index (χ2v) is 24.4. The predicted molar refractivity (Wildman–Crippen MR) is 243 cm³/mol. The van der Waals surface area contributed by atoms with Crippen molar-refractivity contribution >= 4 is 16.8 Å². The van der Waals surface area contributed by atoms with Crippen LogP contribution in [0.2, 0.25) is 0 Å². The first-order chi connectivity index (χ1) is 28.8. The molecule has 0 saturated heterocycles. The molecule has 5 fully saturated rings. The Bertz CT molecular complexity index is 2030. The van der Waals surface area contributed by atoms with Gasteiger partial charge in [0.05, 0.1) is 5.60 Å². The molecule has 1 heterocycles. The number of nitrogens with one attached hydrogen (secondary N) is 1. The van der Waals surface area contributed by atoms with Crippen LogP contribution in [-0.4, -0.2) is 61.2 Å². The Morgan fingerprint density at radius 3 is 2.38 bits per heavy atom. The summed E-state index contributed by atoms with van der Waals surface area (Å²) >= 11 is 0. The van der Waals surface area contributed by atoms with Crippen molar-refractivity contribution in [1.82, 2.24) is 10.3 Å². The van der Waals surface area contributed by atoms with Gasteiger partial charge in [0.1, 0.15) is 23.7 Å². The predicted octanol–water partition coefficient (Wildman–Crippen LogP) is 10.5. The van der Waals surface area contributed by atoms with Gasteiger partial charge < -0.3 is 20.3 Å². The summed E-state index contributed by atoms with van der Waals surface area (Å²) in [7, 11) is -0.813. The van der Waals surface area contributed by atoms with E-state index >= 15 is 0 Å². The number of nitriles is 1. The zero-order valence-corrected chi connectivity index (χ0v) is 39.2. The SMILES string of the molecule is C=C(C)[C@@H]1CC[C@]2(NCCC3(O)CCC(S(C)=O)CC3)CC[C@]3(C)[C@H](CC[C@@H]4[C@@]5(C)CC=C(C6=CC[C@](COc7ncccc7C#N)(C(=O)O)CC6)C(C)(C)[C@@H]5CC[C@]43C)[C@@H]12. The van der Waals surface area contributed by atoms with E-state index in [9.17, 15) is 24.5 Å². The zero-order valence-electron chi connectivity index (χ0n) is 38.4. The number of hydrogen-bond acceptors (Lipinski definition) is 7. The van der Waals surface area contributed by atoms with Gasteiger partial charge in [-0.15, -0.1) is 0 Å². The monoisotopic (exact) mass is 854 g/mol. The van der Waals surface area contributed by atoms with E-state index in [-0.39, 0.29) is 44.9 Å². The van der Waals surface area contributed by atoms with E-state index in [4.69, 9.17) is 4.74 Å². The Morgan fingerprint density at radius 2 is 1.72 bits per heavy atom. The highest BCUT2D eigenvalue weighted by atomic mass is 32.2. The first-order valence-electron chi connectivity index (χ1n) is 23.8. The lowest BCUT2D eigenvalue weighted by Gasteiger charge is -2.72. The third-order valence-corrected chi connectivity index (χ3v) is 21.2. The second-order valence-electron chi connectivity index (χ2n) is 22.8. The maximum absolute atomic E-state index is 12.8. The lowest BCUT2D eigenvalue weighted by molar-refractivity contribution is -0.221. The number of pyridine rings is 1. The molecule has 8 rings (SSSR count). The molecular weight excluding hydrogens is 779 g/mol. The molecule has 0 spiro atoms. The number of nitrogens with zero attached hydrogens (tertiary/aromatic N) is 2. The normalized spacial score (nSPS) is 43.2. The van der Waals surface area contributed by atoms with Crippen molar-refractivity contribution in [3.8, 4) is 11.9 Å². The highest BCUT2D eigenvalue weighted by Gasteiger charge is 2.70. The fourth-order valence-electron chi connectivity index (χ4n) is 16.2. The molecule has 0 radical (unpaired) electrons. The second kappa shape index (κ2) is 16.0. The molecule has 61 heavy (non-hydrogen) atoms. The van der Waals surface area contributed by atoms with Crippen LogP contribution in [0.25, 0.3) is 0 Å². The van der Waals surface area contributed by atoms with Gasteiger partial charge in [-0.2, -0.15) is 5.26 Å². The summed E-state index contributed by atoms with van der Waals surface area (Å²) in [5, 5.41) is 36.1. The van der Waals surface area contributed by atoms with Gasteiger partial charge in [-0.1, -0.05) is 58.9 Å². The molecule has 7 aliphatic rings. The van der Waals surface area contributed by atoms with Gasteiger partial charge in [0.15, 0.2) is 0 Å². The molecule has 1 aromatic rings. The average Bonchev–Trinajstić information content (AvgIpc) is 3.60. The van der Waals surface area contributed by atoms with Crippen molar-refractivity contribution in [3.05, 3.63) is 59.3 Å². The number of aliphatic hydroxyl groups is 1. The third-order valence-electron chi connectivity index (χ3n) is 19.8. The Morgan fingerprint density at radius 1 is 0.967 bits per heavy atom. The Hall–Kier alpha value is -2.80. The number of aliphatic carboxylic acids is 1. The number of rotatable bonds is 11. The summed E-state index contributed by atoms with van der Waals surface area (Å²) in [6.45, 7) is 20.8. The lowest BCUT2D eigenvalue weighted by Crippen LogP contribution is -2.68. The number of ether oxygens (including phenoxy) is 1. The van der Waals surface area contributed by atoms with Crippen LogP contribution in [0, 0.1) is 68.0 Å². The summed E-state index contributed by atoms with van der Waals surface area (Å²) in [5.41, 5.74) is 3.39. The molecule has 3 N–H and O–H groups in total. The highest BCUT2D eigenvalue weighted by Crippen LogP contribution is 2.76. The van der Waals surface area contributed by atoms with E-state index in [2.05, 4.69) is 76.6 Å². The van der Waals surface area contributed by atoms with E-state index in [0.29, 0.717) is 54.4 Å². The summed E-state index contributed by atoms with van der Waals surface area (Å²) < 4.78 is 18.1. The van der Waals surface area contributed by atoms with Crippen LogP contribution in [0.15, 0.2) is 53.8 Å². The topological polar surface area (TPSA) is 133 Å². The molecule has 0 aromatic carbocycles. The standard InChI is InChI=1S/C52H75N3O5S/c1-34(2)38-17-26-52(55-31-29-51(58)24-15-37(16-25-51)61(8)59)28-27-48(6)40(43(38)52)11-12-42-47(5)20-18-39(46(3,4)41(47)19-21-49(42,48)7)35-13-22-50(23-14-35,45(56)57)33-60-44-36(32-53)10-9-30-54-44/h9-10,13,18,30,37-38,40-43,55,58H,1,11-12,14-17,19-29,31,33H2,2-8H3,(H,56,57)/t37?,38-,40+,41-,42+,43+,47-,48+,49+,50-,51?,52-,61?/m0/s1. The maximum Gasteiger partial charge on any atom is 0.313 e. The quantitative estimate of drug-likeness (QED) is 0.188. The Labute approximate surface area is 369 Å². The van der Waals surface area contributed by atoms with Gasteiger partial charge in [-0.25, -0.2) is 4.98 Å². The third kappa shape index (κ3) is 7.24. The molecule has 0 amide bonds. The fourth-order valence-corrected chi connectivity index (χ4v) is 17.1. The highest BCUT2D eigenvalue weighted by molar-refractivity contribution is 7.84. The number of carboxylic acid groups (broad SMARTS) is 1. The molecule has 7 aliphatic carbocycles. The largest absolute Gasteiger partial charge is 0.481 e. The van der Waals surface area contributed by atoms with Crippen molar-refractivity contribution in [2.45, 2.75) is 167 Å². The minimum Gasteiger partial charge on any atom is -0.481 e. The van der Waals surface area contributed by atoms with Crippen molar-refractivity contribution in [3.63, 3.8) is 0 Å². The summed E-state index contributed by atoms with van der Waals surface area (Å²) in [6, 6.07) is 5.44. The first-order valence-corrected chi connectivity index (χ1v) is 25.5. The average molecular weight is 854 g/mol. The van der Waals surface area contributed by atoms with Crippen molar-refractivity contribution in [1.29, 1.82) is 5.26 Å². The molecule has 9 heteroatoms. The number of aromatic nitrogens is 1. The molecule has 0 bridgehead atoms. The first kappa shape index (κ1) is 44.8. The maximum atomic E-state index is 12.8. The van der Waals surface area contributed by atoms with E-state index in [0.717, 1.165) is 45.1 Å². The van der Waals surface area contributed by atoms with E-state index in [1.165, 1.54) is 68.1 Å². The summed E-state index contributed by atoms with van der Waals surface area (Å²) in [5.74, 6) is 2.24. The molecule has 5 saturated carbocycles. The van der Waals surface area contributed by atoms with Crippen LogP contribution in [0.5, 0.6) is 5.88 Å². The van der Waals surface area contributed by atoms with Gasteiger partial charge in [0.2, 0.25) is 5.88 Å². The number of carboxylic acids is 1. The summed E-state index contributed by atoms with van der Waals surface area (Å²) in [4.78, 5) is 17.0. The number of hydrogen-bond donors (Lipinski definition) is 3. The van der Waals surface area contributed by atoms with Crippen molar-refractivity contribution < 1.29 is 24.0 Å². The molecule has 11 atom stereocenters. The van der Waals surface area contributed by atoms with Gasteiger partial charge in [-0.3, -0.25) is 9.00 Å². The van der Waals surface area contributed by atoms with Crippen molar-refractivity contribution in [2.75, 3.05) is 19.4 Å². The minimum absolute atomic E-state index is 0.0140. The van der Waals surface area contributed by atoms with E-state index in [1.807, 2.05) is 6.26 Å². The van der Waals surface area contributed by atoms with Crippen LogP contribution in [0.1, 0.15) is 156 Å².